The highest BCUT2D eigenvalue weighted by Gasteiger charge is 2.20. The lowest BCUT2D eigenvalue weighted by atomic mass is 10.2. The standard InChI is InChI=1S/C28H31N5O3S2.ClH/c1-20-9-11-24(12-10-20)38(35,36)31-23-7-4-6-22(19-23)27(34)29-13-14-32-15-17-33(18-16-32)28-30-26-21(2)5-3-8-25(26)37-28;/h3-12,19,31H,13-18H2,1-2H3,(H,29,34);1H. The predicted molar refractivity (Wildman–Crippen MR) is 161 cm³/mol. The number of rotatable bonds is 8. The molecule has 4 aromatic rings. The first-order valence-corrected chi connectivity index (χ1v) is 14.9. The lowest BCUT2D eigenvalue weighted by Crippen LogP contribution is -2.48. The van der Waals surface area contributed by atoms with E-state index in [1.54, 1.807) is 59.9 Å². The minimum atomic E-state index is -3.73. The molecule has 39 heavy (non-hydrogen) atoms. The molecule has 1 saturated heterocycles. The second-order valence-electron chi connectivity index (χ2n) is 9.50. The molecule has 0 radical (unpaired) electrons. The van der Waals surface area contributed by atoms with Crippen molar-refractivity contribution in [2.75, 3.05) is 48.9 Å². The van der Waals surface area contributed by atoms with Crippen molar-refractivity contribution >= 4 is 60.7 Å². The molecule has 1 aliphatic rings. The largest absolute Gasteiger partial charge is 0.351 e. The van der Waals surface area contributed by atoms with Gasteiger partial charge in [-0.3, -0.25) is 14.4 Å². The second-order valence-corrected chi connectivity index (χ2v) is 12.2. The highest BCUT2D eigenvalue weighted by atomic mass is 35.5. The summed E-state index contributed by atoms with van der Waals surface area (Å²) in [6.07, 6.45) is 0. The van der Waals surface area contributed by atoms with Crippen LogP contribution in [-0.4, -0.2) is 63.5 Å². The Morgan fingerprint density at radius 3 is 2.41 bits per heavy atom. The second kappa shape index (κ2) is 12.3. The fourth-order valence-electron chi connectivity index (χ4n) is 4.46. The first-order chi connectivity index (χ1) is 18.3. The monoisotopic (exact) mass is 585 g/mol. The molecule has 11 heteroatoms. The molecule has 0 spiro atoms. The van der Waals surface area contributed by atoms with Gasteiger partial charge < -0.3 is 10.2 Å². The van der Waals surface area contributed by atoms with Crippen LogP contribution >= 0.6 is 23.7 Å². The van der Waals surface area contributed by atoms with Crippen molar-refractivity contribution in [2.24, 2.45) is 0 Å². The molecule has 1 amide bonds. The summed E-state index contributed by atoms with van der Waals surface area (Å²) in [4.78, 5) is 22.4. The maximum Gasteiger partial charge on any atom is 0.261 e. The Hall–Kier alpha value is -3.18. The number of amides is 1. The van der Waals surface area contributed by atoms with Crippen LogP contribution in [0.3, 0.4) is 0 Å². The molecule has 0 aliphatic carbocycles. The Labute approximate surface area is 239 Å². The van der Waals surface area contributed by atoms with Gasteiger partial charge in [0.1, 0.15) is 0 Å². The lowest BCUT2D eigenvalue weighted by Gasteiger charge is -2.34. The van der Waals surface area contributed by atoms with Crippen LogP contribution in [0.4, 0.5) is 10.8 Å². The van der Waals surface area contributed by atoms with Crippen LogP contribution < -0.4 is 14.9 Å². The number of aromatic nitrogens is 1. The van der Waals surface area contributed by atoms with E-state index in [4.69, 9.17) is 4.98 Å². The van der Waals surface area contributed by atoms with Crippen molar-refractivity contribution in [1.82, 2.24) is 15.2 Å². The number of fused-ring (bicyclic) bond motifs is 1. The Kier molecular flexibility index (Phi) is 9.12. The number of halogens is 1. The summed E-state index contributed by atoms with van der Waals surface area (Å²) in [6, 6.07) is 19.5. The first-order valence-electron chi connectivity index (χ1n) is 12.6. The number of benzene rings is 3. The molecule has 206 valence electrons. The van der Waals surface area contributed by atoms with Gasteiger partial charge in [0.15, 0.2) is 5.13 Å². The van der Waals surface area contributed by atoms with Gasteiger partial charge in [-0.1, -0.05) is 47.2 Å². The van der Waals surface area contributed by atoms with Crippen LogP contribution in [0, 0.1) is 13.8 Å². The molecule has 0 bridgehead atoms. The molecule has 1 fully saturated rings. The maximum absolute atomic E-state index is 12.7. The number of thiazole rings is 1. The van der Waals surface area contributed by atoms with E-state index >= 15 is 0 Å². The van der Waals surface area contributed by atoms with Gasteiger partial charge in [0.25, 0.3) is 15.9 Å². The molecule has 5 rings (SSSR count). The molecular weight excluding hydrogens is 554 g/mol. The van der Waals surface area contributed by atoms with E-state index in [1.807, 2.05) is 6.92 Å². The van der Waals surface area contributed by atoms with E-state index in [-0.39, 0.29) is 23.2 Å². The number of piperazine rings is 1. The number of sulfonamides is 1. The average molecular weight is 586 g/mol. The quantitative estimate of drug-likeness (QED) is 0.312. The van der Waals surface area contributed by atoms with Gasteiger partial charge in [-0.05, 0) is 55.8 Å². The van der Waals surface area contributed by atoms with Crippen molar-refractivity contribution in [3.8, 4) is 0 Å². The van der Waals surface area contributed by atoms with Crippen molar-refractivity contribution in [3.05, 3.63) is 83.4 Å². The summed E-state index contributed by atoms with van der Waals surface area (Å²) < 4.78 is 29.2. The molecular formula is C28H32ClN5O3S2. The minimum absolute atomic E-state index is 0. The summed E-state index contributed by atoms with van der Waals surface area (Å²) in [5.41, 5.74) is 4.02. The van der Waals surface area contributed by atoms with Crippen molar-refractivity contribution in [2.45, 2.75) is 18.7 Å². The van der Waals surface area contributed by atoms with Crippen LogP contribution in [0.25, 0.3) is 10.2 Å². The molecule has 8 nitrogen and oxygen atoms in total. The maximum atomic E-state index is 12.7. The Morgan fingerprint density at radius 2 is 1.69 bits per heavy atom. The van der Waals surface area contributed by atoms with Crippen LogP contribution in [0.1, 0.15) is 21.5 Å². The molecule has 2 N–H and O–H groups in total. The van der Waals surface area contributed by atoms with Crippen LogP contribution in [0.15, 0.2) is 71.6 Å². The Balaban J connectivity index is 0.00000353. The third-order valence-electron chi connectivity index (χ3n) is 6.67. The van der Waals surface area contributed by atoms with Crippen LogP contribution in [0.2, 0.25) is 0 Å². The van der Waals surface area contributed by atoms with E-state index in [1.165, 1.54) is 10.3 Å². The van der Waals surface area contributed by atoms with Crippen LogP contribution in [-0.2, 0) is 10.0 Å². The SMILES string of the molecule is Cc1ccc(S(=O)(=O)Nc2cccc(C(=O)NCCN3CCN(c4nc5c(C)cccc5s4)CC3)c2)cc1.Cl. The van der Waals surface area contributed by atoms with Gasteiger partial charge in [-0.2, -0.15) is 0 Å². The molecule has 0 saturated carbocycles. The van der Waals surface area contributed by atoms with Gasteiger partial charge in [0.05, 0.1) is 15.1 Å². The number of hydrogen-bond acceptors (Lipinski definition) is 7. The topological polar surface area (TPSA) is 94.6 Å². The zero-order chi connectivity index (χ0) is 26.7. The number of aryl methyl sites for hydroxylation is 2. The molecule has 1 aromatic heterocycles. The fourth-order valence-corrected chi connectivity index (χ4v) is 6.60. The van der Waals surface area contributed by atoms with Gasteiger partial charge >= 0.3 is 0 Å². The Morgan fingerprint density at radius 1 is 0.974 bits per heavy atom. The minimum Gasteiger partial charge on any atom is -0.351 e. The Bertz CT molecular complexity index is 1550. The highest BCUT2D eigenvalue weighted by Crippen LogP contribution is 2.31. The third-order valence-corrected chi connectivity index (χ3v) is 9.15. The number of nitrogens with one attached hydrogen (secondary N) is 2. The number of nitrogens with zero attached hydrogens (tertiary/aromatic N) is 3. The number of anilines is 2. The van der Waals surface area contributed by atoms with Gasteiger partial charge in [-0.25, -0.2) is 13.4 Å². The fraction of sp³-hybridized carbons (Fsp3) is 0.286. The first kappa shape index (κ1) is 28.8. The normalized spacial score (nSPS) is 14.2. The third kappa shape index (κ3) is 6.88. The zero-order valence-corrected chi connectivity index (χ0v) is 24.3. The lowest BCUT2D eigenvalue weighted by molar-refractivity contribution is 0.0948. The average Bonchev–Trinajstić information content (AvgIpc) is 3.35. The molecule has 0 unspecified atom stereocenters. The van der Waals surface area contributed by atoms with Gasteiger partial charge in [-0.15, -0.1) is 12.4 Å². The van der Waals surface area contributed by atoms with Crippen molar-refractivity contribution < 1.29 is 13.2 Å². The molecule has 2 heterocycles. The van der Waals surface area contributed by atoms with E-state index in [0.29, 0.717) is 17.8 Å². The van der Waals surface area contributed by atoms with Crippen LogP contribution in [0.5, 0.6) is 0 Å². The van der Waals surface area contributed by atoms with E-state index in [9.17, 15) is 13.2 Å². The molecule has 3 aromatic carbocycles. The van der Waals surface area contributed by atoms with Crippen molar-refractivity contribution in [3.63, 3.8) is 0 Å². The summed E-state index contributed by atoms with van der Waals surface area (Å²) in [5, 5.41) is 4.03. The van der Waals surface area contributed by atoms with Crippen molar-refractivity contribution in [1.29, 1.82) is 0 Å². The van der Waals surface area contributed by atoms with E-state index in [2.05, 4.69) is 45.0 Å². The predicted octanol–water partition coefficient (Wildman–Crippen LogP) is 4.69. The summed E-state index contributed by atoms with van der Waals surface area (Å²) >= 11 is 1.74. The number of carbonyl (C=O) groups is 1. The summed E-state index contributed by atoms with van der Waals surface area (Å²) in [5.74, 6) is -0.232. The van der Waals surface area contributed by atoms with E-state index in [0.717, 1.165) is 48.9 Å². The molecule has 0 atom stereocenters. The zero-order valence-electron chi connectivity index (χ0n) is 21.9. The number of carbonyl (C=O) groups excluding carboxylic acids is 1. The van der Waals surface area contributed by atoms with Gasteiger partial charge in [0, 0.05) is 50.5 Å². The summed E-state index contributed by atoms with van der Waals surface area (Å²) in [6.45, 7) is 8.86. The highest BCUT2D eigenvalue weighted by molar-refractivity contribution is 7.92. The number of hydrogen-bond donors (Lipinski definition) is 2. The van der Waals surface area contributed by atoms with E-state index < -0.39 is 10.0 Å². The summed E-state index contributed by atoms with van der Waals surface area (Å²) in [7, 11) is -3.73. The molecule has 1 aliphatic heterocycles. The van der Waals surface area contributed by atoms with Gasteiger partial charge in [0.2, 0.25) is 0 Å². The number of para-hydroxylation sites is 1. The smallest absolute Gasteiger partial charge is 0.261 e.